The smallest absolute Gasteiger partial charge is 0.295 e. The summed E-state index contributed by atoms with van der Waals surface area (Å²) in [4.78, 5) is -0.166. The molecule has 5 N–H and O–H groups in total. The van der Waals surface area contributed by atoms with Crippen LogP contribution >= 0.6 is 0 Å². The van der Waals surface area contributed by atoms with Crippen LogP contribution in [-0.4, -0.2) is 27.6 Å². The zero-order valence-electron chi connectivity index (χ0n) is 26.1. The van der Waals surface area contributed by atoms with Gasteiger partial charge in [0.25, 0.3) is 10.1 Å². The van der Waals surface area contributed by atoms with Crippen molar-refractivity contribution < 1.29 is 21.4 Å². The summed E-state index contributed by atoms with van der Waals surface area (Å²) in [6.07, 6.45) is 1.15. The maximum atomic E-state index is 12.5. The normalized spacial score (nSPS) is 12.5. The number of fused-ring (bicyclic) bond motifs is 2. The fourth-order valence-corrected chi connectivity index (χ4v) is 7.25. The maximum Gasteiger partial charge on any atom is 0.295 e. The van der Waals surface area contributed by atoms with E-state index in [0.29, 0.717) is 38.6 Å². The fourth-order valence-electron chi connectivity index (χ4n) is 5.63. The van der Waals surface area contributed by atoms with E-state index < -0.39 is 20.0 Å². The van der Waals surface area contributed by atoms with E-state index in [1.54, 1.807) is 54.6 Å². The summed E-state index contributed by atoms with van der Waals surface area (Å²) in [5.41, 5.74) is 18.4. The zero-order valence-corrected chi connectivity index (χ0v) is 27.7. The van der Waals surface area contributed by atoms with Gasteiger partial charge in [-0.05, 0) is 72.5 Å². The highest BCUT2D eigenvalue weighted by atomic mass is 32.2. The number of anilines is 2. The summed E-state index contributed by atoms with van der Waals surface area (Å²) >= 11 is 0. The average Bonchev–Trinajstić information content (AvgIpc) is 3.03. The average molecular weight is 679 g/mol. The van der Waals surface area contributed by atoms with Crippen LogP contribution in [0.4, 0.5) is 34.1 Å². The molecular formula is C35H30N6O5S2. The summed E-state index contributed by atoms with van der Waals surface area (Å²) in [6.45, 7) is 3.88. The molecule has 48 heavy (non-hydrogen) atoms. The van der Waals surface area contributed by atoms with Crippen LogP contribution in [0.25, 0.3) is 32.7 Å². The Morgan fingerprint density at radius 3 is 1.33 bits per heavy atom. The zero-order chi connectivity index (χ0) is 34.4. The lowest BCUT2D eigenvalue weighted by Gasteiger charge is -2.11. The Balaban J connectivity index is 1.28. The molecule has 0 aromatic heterocycles. The summed E-state index contributed by atoms with van der Waals surface area (Å²) in [5, 5.41) is 19.0. The molecule has 13 heteroatoms. The van der Waals surface area contributed by atoms with Crippen LogP contribution in [-0.2, 0) is 20.0 Å². The Bertz CT molecular complexity index is 2390. The first-order chi connectivity index (χ1) is 22.7. The van der Waals surface area contributed by atoms with Gasteiger partial charge in [0.05, 0.1) is 27.6 Å². The Morgan fingerprint density at radius 1 is 0.542 bits per heavy atom. The van der Waals surface area contributed by atoms with E-state index in [9.17, 15) is 21.4 Å². The third-order valence-corrected chi connectivity index (χ3v) is 10.0. The predicted molar refractivity (Wildman–Crippen MR) is 189 cm³/mol. The van der Waals surface area contributed by atoms with Gasteiger partial charge in [-0.3, -0.25) is 4.55 Å². The van der Waals surface area contributed by atoms with Crippen molar-refractivity contribution in [2.24, 2.45) is 20.5 Å². The van der Waals surface area contributed by atoms with Gasteiger partial charge in [0, 0.05) is 27.8 Å². The van der Waals surface area contributed by atoms with Crippen molar-refractivity contribution in [3.63, 3.8) is 0 Å². The monoisotopic (exact) mass is 678 g/mol. The number of nitrogens with two attached hydrogens (primary N) is 2. The molecule has 0 saturated heterocycles. The SMILES string of the molecule is Cc1cc(/N=N/c2cc(S(C)(=O)=O)c3ccccc3c2N)ccc1-c1ccc(/N=N/c2cc(S(=O)(=O)O)c3ccccc3c2N)cc1C. The van der Waals surface area contributed by atoms with Crippen LogP contribution in [0.2, 0.25) is 0 Å². The molecule has 11 nitrogen and oxygen atoms in total. The second kappa shape index (κ2) is 12.3. The van der Waals surface area contributed by atoms with Gasteiger partial charge in [-0.1, -0.05) is 60.7 Å². The molecule has 0 aliphatic heterocycles. The third kappa shape index (κ3) is 6.26. The molecule has 0 heterocycles. The number of nitrogens with zero attached hydrogens (tertiary/aromatic N) is 4. The quantitative estimate of drug-likeness (QED) is 0.0852. The van der Waals surface area contributed by atoms with Gasteiger partial charge in [0.15, 0.2) is 9.84 Å². The number of azo groups is 2. The van der Waals surface area contributed by atoms with Gasteiger partial charge in [-0.25, -0.2) is 8.42 Å². The van der Waals surface area contributed by atoms with Crippen molar-refractivity contribution in [2.45, 2.75) is 23.6 Å². The molecule has 0 aliphatic carbocycles. The van der Waals surface area contributed by atoms with E-state index >= 15 is 0 Å². The number of rotatable bonds is 7. The van der Waals surface area contributed by atoms with E-state index in [1.165, 1.54) is 12.1 Å². The first kappa shape index (κ1) is 32.4. The highest BCUT2D eigenvalue weighted by Crippen LogP contribution is 2.39. The van der Waals surface area contributed by atoms with Crippen LogP contribution in [0, 0.1) is 13.8 Å². The summed E-state index contributed by atoms with van der Waals surface area (Å²) in [6, 6.07) is 27.4. The number of benzene rings is 6. The van der Waals surface area contributed by atoms with E-state index in [4.69, 9.17) is 11.5 Å². The number of nitrogen functional groups attached to an aromatic ring is 2. The highest BCUT2D eigenvalue weighted by molar-refractivity contribution is 7.91. The maximum absolute atomic E-state index is 12.5. The van der Waals surface area contributed by atoms with Crippen LogP contribution < -0.4 is 11.5 Å². The van der Waals surface area contributed by atoms with Gasteiger partial charge in [-0.2, -0.15) is 18.6 Å². The summed E-state index contributed by atoms with van der Waals surface area (Å²) in [5.74, 6) is 0. The van der Waals surface area contributed by atoms with Crippen molar-refractivity contribution in [3.05, 3.63) is 108 Å². The Labute approximate surface area is 277 Å². The van der Waals surface area contributed by atoms with Gasteiger partial charge in [-0.15, -0.1) is 10.2 Å². The largest absolute Gasteiger partial charge is 0.396 e. The molecule has 0 atom stereocenters. The van der Waals surface area contributed by atoms with Crippen LogP contribution in [0.5, 0.6) is 0 Å². The predicted octanol–water partition coefficient (Wildman–Crippen LogP) is 8.92. The minimum Gasteiger partial charge on any atom is -0.396 e. The lowest BCUT2D eigenvalue weighted by atomic mass is 9.96. The Hall–Kier alpha value is -5.50. The van der Waals surface area contributed by atoms with Crippen LogP contribution in [0.1, 0.15) is 11.1 Å². The highest BCUT2D eigenvalue weighted by Gasteiger charge is 2.19. The number of hydrogen-bond donors (Lipinski definition) is 3. The molecule has 242 valence electrons. The first-order valence-electron chi connectivity index (χ1n) is 14.6. The second-order valence-electron chi connectivity index (χ2n) is 11.4. The van der Waals surface area contributed by atoms with E-state index in [2.05, 4.69) is 20.5 Å². The van der Waals surface area contributed by atoms with Crippen LogP contribution in [0.3, 0.4) is 0 Å². The molecule has 0 amide bonds. The molecule has 6 aromatic rings. The van der Waals surface area contributed by atoms with Crippen molar-refractivity contribution in [3.8, 4) is 11.1 Å². The fraction of sp³-hybridized carbons (Fsp3) is 0.0857. The summed E-state index contributed by atoms with van der Waals surface area (Å²) < 4.78 is 58.9. The molecule has 0 bridgehead atoms. The molecule has 6 aromatic carbocycles. The lowest BCUT2D eigenvalue weighted by molar-refractivity contribution is 0.484. The third-order valence-electron chi connectivity index (χ3n) is 7.99. The van der Waals surface area contributed by atoms with Gasteiger partial charge in [0.1, 0.15) is 16.3 Å². The van der Waals surface area contributed by atoms with Crippen molar-refractivity contribution >= 4 is 75.6 Å². The van der Waals surface area contributed by atoms with Gasteiger partial charge in [0.2, 0.25) is 0 Å². The lowest BCUT2D eigenvalue weighted by Crippen LogP contribution is -2.01. The van der Waals surface area contributed by atoms with Gasteiger partial charge >= 0.3 is 0 Å². The molecule has 0 radical (unpaired) electrons. The molecule has 0 saturated carbocycles. The molecule has 0 spiro atoms. The second-order valence-corrected chi connectivity index (χ2v) is 14.7. The minimum atomic E-state index is -4.53. The van der Waals surface area contributed by atoms with Gasteiger partial charge < -0.3 is 11.5 Å². The van der Waals surface area contributed by atoms with E-state index in [-0.39, 0.29) is 26.9 Å². The molecule has 0 aliphatic rings. The van der Waals surface area contributed by atoms with E-state index in [1.807, 2.05) is 44.2 Å². The number of sulfone groups is 1. The molecule has 0 fully saturated rings. The molecule has 0 unspecified atom stereocenters. The summed E-state index contributed by atoms with van der Waals surface area (Å²) in [7, 11) is -8.08. The van der Waals surface area contributed by atoms with Crippen LogP contribution in [0.15, 0.2) is 127 Å². The Kier molecular flexibility index (Phi) is 8.29. The topological polar surface area (TPSA) is 190 Å². The Morgan fingerprint density at radius 2 is 0.938 bits per heavy atom. The van der Waals surface area contributed by atoms with Crippen molar-refractivity contribution in [1.82, 2.24) is 0 Å². The number of hydrogen-bond acceptors (Lipinski definition) is 10. The van der Waals surface area contributed by atoms with Crippen molar-refractivity contribution in [2.75, 3.05) is 17.7 Å². The van der Waals surface area contributed by atoms with E-state index in [0.717, 1.165) is 28.5 Å². The van der Waals surface area contributed by atoms with Crippen molar-refractivity contribution in [1.29, 1.82) is 0 Å². The number of aryl methyl sites for hydroxylation is 2. The minimum absolute atomic E-state index is 0.113. The molecule has 6 rings (SSSR count). The molecular weight excluding hydrogens is 649 g/mol. The first-order valence-corrected chi connectivity index (χ1v) is 17.9. The standard InChI is InChI=1S/C35H30N6O5S2/c1-20-16-22(38-40-30-18-32(47(3,42)43)26-8-4-6-10-28(26)34(30)36)12-14-24(20)25-15-13-23(17-21(25)2)39-41-31-19-33(48(44,45)46)27-9-5-7-11-29(27)35(31)37/h4-19H,36-37H2,1-3H3,(H,44,45,46)/b40-38+,41-39+.